The Bertz CT molecular complexity index is 1030. The maximum atomic E-state index is 4.65. The van der Waals surface area contributed by atoms with Crippen LogP contribution in [0.4, 0.5) is 5.82 Å². The van der Waals surface area contributed by atoms with Gasteiger partial charge in [-0.15, -0.1) is 10.2 Å². The molecule has 0 bridgehead atoms. The zero-order valence-electron chi connectivity index (χ0n) is 19.3. The maximum absolute atomic E-state index is 4.65. The summed E-state index contributed by atoms with van der Waals surface area (Å²) in [5, 5.41) is 16.4. The lowest BCUT2D eigenvalue weighted by Crippen LogP contribution is -2.46. The molecule has 0 atom stereocenters. The molecule has 3 heterocycles. The molecule has 1 aliphatic heterocycles. The van der Waals surface area contributed by atoms with Crippen LogP contribution in [0.3, 0.4) is 0 Å². The van der Waals surface area contributed by atoms with Gasteiger partial charge in [-0.1, -0.05) is 23.5 Å². The number of rotatable bonds is 6. The fourth-order valence-electron chi connectivity index (χ4n) is 5.05. The highest BCUT2D eigenvalue weighted by Gasteiger charge is 2.24. The summed E-state index contributed by atoms with van der Waals surface area (Å²) >= 11 is 1.64. The molecule has 2 aromatic heterocycles. The molecular weight excluding hydrogens is 416 g/mol. The van der Waals surface area contributed by atoms with Gasteiger partial charge in [-0.25, -0.2) is 4.98 Å². The van der Waals surface area contributed by atoms with Crippen LogP contribution in [0.5, 0.6) is 0 Å². The van der Waals surface area contributed by atoms with Gasteiger partial charge in [0.2, 0.25) is 0 Å². The van der Waals surface area contributed by atoms with Crippen LogP contribution >= 0.6 is 11.3 Å². The SMILES string of the molecule is Cc1nnc(-c2ccc3cnc(NCC4CCC(CN5CCN(C)CC5)CC4)cc3c2)s1. The number of aromatic nitrogens is 3. The molecule has 2 aliphatic rings. The van der Waals surface area contributed by atoms with Gasteiger partial charge in [0.05, 0.1) is 0 Å². The van der Waals surface area contributed by atoms with Crippen molar-refractivity contribution in [1.29, 1.82) is 0 Å². The molecule has 1 aromatic carbocycles. The van der Waals surface area contributed by atoms with Crippen LogP contribution in [0.15, 0.2) is 30.5 Å². The van der Waals surface area contributed by atoms with Crippen molar-refractivity contribution < 1.29 is 0 Å². The van der Waals surface area contributed by atoms with Crippen LogP contribution in [0, 0.1) is 18.8 Å². The van der Waals surface area contributed by atoms with E-state index >= 15 is 0 Å². The summed E-state index contributed by atoms with van der Waals surface area (Å²) in [6.45, 7) is 9.25. The van der Waals surface area contributed by atoms with E-state index in [1.165, 1.54) is 63.8 Å². The average Bonchev–Trinajstić information content (AvgIpc) is 3.26. The molecule has 3 aromatic rings. The highest BCUT2D eigenvalue weighted by Crippen LogP contribution is 2.31. The number of piperazine rings is 1. The van der Waals surface area contributed by atoms with E-state index in [9.17, 15) is 0 Å². The van der Waals surface area contributed by atoms with Crippen LogP contribution in [0.2, 0.25) is 0 Å². The topological polar surface area (TPSA) is 57.2 Å². The fourth-order valence-corrected chi connectivity index (χ4v) is 5.73. The van der Waals surface area contributed by atoms with Gasteiger partial charge in [-0.2, -0.15) is 0 Å². The molecule has 1 saturated heterocycles. The second-order valence-electron chi connectivity index (χ2n) is 9.63. The molecule has 32 heavy (non-hydrogen) atoms. The van der Waals surface area contributed by atoms with Crippen molar-refractivity contribution in [2.45, 2.75) is 32.6 Å². The minimum Gasteiger partial charge on any atom is -0.370 e. The van der Waals surface area contributed by atoms with Gasteiger partial charge in [0.1, 0.15) is 15.8 Å². The minimum absolute atomic E-state index is 0.756. The van der Waals surface area contributed by atoms with Crippen LogP contribution in [-0.4, -0.2) is 71.3 Å². The molecule has 2 fully saturated rings. The Morgan fingerprint density at radius 1 is 0.969 bits per heavy atom. The first-order valence-corrected chi connectivity index (χ1v) is 12.8. The van der Waals surface area contributed by atoms with Crippen LogP contribution in [0.1, 0.15) is 30.7 Å². The Morgan fingerprint density at radius 3 is 2.50 bits per heavy atom. The molecule has 0 spiro atoms. The van der Waals surface area contributed by atoms with Gasteiger partial charge >= 0.3 is 0 Å². The van der Waals surface area contributed by atoms with E-state index in [1.807, 2.05) is 13.1 Å². The molecule has 0 unspecified atom stereocenters. The van der Waals surface area contributed by atoms with Crippen LogP contribution in [0.25, 0.3) is 21.3 Å². The lowest BCUT2D eigenvalue weighted by molar-refractivity contribution is 0.120. The average molecular weight is 451 g/mol. The van der Waals surface area contributed by atoms with E-state index in [0.717, 1.165) is 45.2 Å². The third kappa shape index (κ3) is 5.27. The zero-order valence-corrected chi connectivity index (χ0v) is 20.1. The number of anilines is 1. The number of aryl methyl sites for hydroxylation is 1. The molecule has 0 radical (unpaired) electrons. The summed E-state index contributed by atoms with van der Waals surface area (Å²) in [5.74, 6) is 2.62. The van der Waals surface area contributed by atoms with Gasteiger partial charge in [-0.05, 0) is 69.0 Å². The number of likely N-dealkylation sites (N-methyl/N-ethyl adjacent to an activating group) is 1. The standard InChI is InChI=1S/C25H34N6S/c1-18-28-29-25(32-18)21-7-8-22-16-27-24(14-23(22)13-21)26-15-19-3-5-20(6-4-19)17-31-11-9-30(2)10-12-31/h7-8,13-14,16,19-20H,3-6,9-12,15,17H2,1-2H3,(H,26,27). The summed E-state index contributed by atoms with van der Waals surface area (Å²) in [6, 6.07) is 8.61. The van der Waals surface area contributed by atoms with Crippen LogP contribution < -0.4 is 5.32 Å². The van der Waals surface area contributed by atoms with E-state index in [0.29, 0.717) is 0 Å². The third-order valence-corrected chi connectivity index (χ3v) is 8.03. The van der Waals surface area contributed by atoms with E-state index in [1.54, 1.807) is 11.3 Å². The largest absolute Gasteiger partial charge is 0.370 e. The summed E-state index contributed by atoms with van der Waals surface area (Å²) in [6.07, 6.45) is 7.38. The lowest BCUT2D eigenvalue weighted by atomic mass is 9.81. The normalized spacial score (nSPS) is 22.9. The first kappa shape index (κ1) is 21.7. The fraction of sp³-hybridized carbons (Fsp3) is 0.560. The predicted molar refractivity (Wildman–Crippen MR) is 133 cm³/mol. The Morgan fingerprint density at radius 2 is 1.75 bits per heavy atom. The molecule has 1 N–H and O–H groups in total. The summed E-state index contributed by atoms with van der Waals surface area (Å²) in [5.41, 5.74) is 1.12. The highest BCUT2D eigenvalue weighted by molar-refractivity contribution is 7.14. The Hall–Kier alpha value is -2.09. The molecular formula is C25H34N6S. The van der Waals surface area contributed by atoms with Crippen molar-refractivity contribution >= 4 is 27.9 Å². The molecule has 1 saturated carbocycles. The van der Waals surface area contributed by atoms with E-state index in [2.05, 4.69) is 61.6 Å². The van der Waals surface area contributed by atoms with E-state index < -0.39 is 0 Å². The van der Waals surface area contributed by atoms with Crippen molar-refractivity contribution in [2.24, 2.45) is 11.8 Å². The first-order valence-electron chi connectivity index (χ1n) is 12.0. The van der Waals surface area contributed by atoms with E-state index in [4.69, 9.17) is 0 Å². The Balaban J connectivity index is 1.13. The number of benzene rings is 1. The number of hydrogen-bond acceptors (Lipinski definition) is 7. The van der Waals surface area contributed by atoms with Crippen molar-refractivity contribution in [3.63, 3.8) is 0 Å². The number of nitrogens with zero attached hydrogens (tertiary/aromatic N) is 5. The molecule has 170 valence electrons. The first-order chi connectivity index (χ1) is 15.6. The van der Waals surface area contributed by atoms with Gasteiger partial charge in [0.25, 0.3) is 0 Å². The second kappa shape index (κ2) is 9.81. The minimum atomic E-state index is 0.756. The zero-order chi connectivity index (χ0) is 21.9. The lowest BCUT2D eigenvalue weighted by Gasteiger charge is -2.37. The molecule has 7 heteroatoms. The van der Waals surface area contributed by atoms with Crippen molar-refractivity contribution in [1.82, 2.24) is 25.0 Å². The highest BCUT2D eigenvalue weighted by atomic mass is 32.1. The van der Waals surface area contributed by atoms with Crippen LogP contribution in [-0.2, 0) is 0 Å². The Kier molecular flexibility index (Phi) is 6.67. The van der Waals surface area contributed by atoms with Gasteiger partial charge in [0, 0.05) is 56.4 Å². The molecule has 1 aliphatic carbocycles. The van der Waals surface area contributed by atoms with Gasteiger partial charge in [-0.3, -0.25) is 0 Å². The molecule has 6 nitrogen and oxygen atoms in total. The van der Waals surface area contributed by atoms with Crippen molar-refractivity contribution in [3.05, 3.63) is 35.5 Å². The molecule has 0 amide bonds. The van der Waals surface area contributed by atoms with Gasteiger partial charge in [0.15, 0.2) is 0 Å². The number of nitrogens with one attached hydrogen (secondary N) is 1. The molecule has 5 rings (SSSR count). The summed E-state index contributed by atoms with van der Waals surface area (Å²) < 4.78 is 0. The van der Waals surface area contributed by atoms with E-state index in [-0.39, 0.29) is 0 Å². The van der Waals surface area contributed by atoms with Gasteiger partial charge < -0.3 is 15.1 Å². The summed E-state index contributed by atoms with van der Waals surface area (Å²) in [4.78, 5) is 9.77. The monoisotopic (exact) mass is 450 g/mol. The van der Waals surface area contributed by atoms with Crippen molar-refractivity contribution in [3.8, 4) is 10.6 Å². The third-order valence-electron chi connectivity index (χ3n) is 7.15. The number of hydrogen-bond donors (Lipinski definition) is 1. The number of fused-ring (bicyclic) bond motifs is 1. The number of pyridine rings is 1. The predicted octanol–water partition coefficient (Wildman–Crippen LogP) is 4.53. The Labute approximate surface area is 195 Å². The second-order valence-corrected chi connectivity index (χ2v) is 10.8. The quantitative estimate of drug-likeness (QED) is 0.596. The summed E-state index contributed by atoms with van der Waals surface area (Å²) in [7, 11) is 2.23. The maximum Gasteiger partial charge on any atom is 0.147 e. The van der Waals surface area contributed by atoms with Crippen molar-refractivity contribution in [2.75, 3.05) is 51.6 Å². The smallest absolute Gasteiger partial charge is 0.147 e.